The third kappa shape index (κ3) is 5.94. The zero-order valence-corrected chi connectivity index (χ0v) is 14.7. The first-order valence-electron chi connectivity index (χ1n) is 7.76. The molecule has 1 heterocycles. The quantitative estimate of drug-likeness (QED) is 0.647. The molecule has 1 saturated heterocycles. The largest absolute Gasteiger partial charge is 0.490 e. The van der Waals surface area contributed by atoms with Crippen LogP contribution in [0.4, 0.5) is 0 Å². The van der Waals surface area contributed by atoms with Crippen molar-refractivity contribution in [3.63, 3.8) is 0 Å². The Balaban J connectivity index is 1.54. The van der Waals surface area contributed by atoms with Gasteiger partial charge in [-0.2, -0.15) is 0 Å². The van der Waals surface area contributed by atoms with Crippen LogP contribution in [0.3, 0.4) is 0 Å². The maximum absolute atomic E-state index is 5.72. The summed E-state index contributed by atoms with van der Waals surface area (Å²) in [6.45, 7) is 10.3. The lowest BCUT2D eigenvalue weighted by molar-refractivity contribution is -1.00. The number of aryl methyl sites for hydroxylation is 1. The molecule has 2 rings (SSSR count). The van der Waals surface area contributed by atoms with Crippen molar-refractivity contribution in [1.82, 2.24) is 0 Å². The van der Waals surface area contributed by atoms with E-state index in [0.717, 1.165) is 23.4 Å². The highest BCUT2D eigenvalue weighted by molar-refractivity contribution is 9.10. The molecule has 1 aromatic carbocycles. The van der Waals surface area contributed by atoms with E-state index in [9.17, 15) is 0 Å². The maximum atomic E-state index is 5.72. The number of benzene rings is 1. The van der Waals surface area contributed by atoms with Crippen LogP contribution in [0, 0.1) is 6.92 Å². The third-order valence-electron chi connectivity index (χ3n) is 3.98. The van der Waals surface area contributed by atoms with Gasteiger partial charge in [0.1, 0.15) is 45.1 Å². The summed E-state index contributed by atoms with van der Waals surface area (Å²) in [5.41, 5.74) is 1.22. The van der Waals surface area contributed by atoms with Crippen molar-refractivity contribution in [3.05, 3.63) is 28.2 Å². The van der Waals surface area contributed by atoms with E-state index in [1.165, 1.54) is 31.7 Å². The van der Waals surface area contributed by atoms with E-state index in [4.69, 9.17) is 9.47 Å². The number of ether oxygens (including phenoxy) is 2. The maximum Gasteiger partial charge on any atom is 0.133 e. The van der Waals surface area contributed by atoms with Gasteiger partial charge in [0.05, 0.1) is 24.7 Å². The number of hydrogen-bond acceptors (Lipinski definition) is 2. The lowest BCUT2D eigenvalue weighted by atomic mass is 10.2. The molecular formula is C16H27BrN2O2+2. The highest BCUT2D eigenvalue weighted by Crippen LogP contribution is 2.25. The monoisotopic (exact) mass is 358 g/mol. The Bertz CT molecular complexity index is 434. The zero-order valence-electron chi connectivity index (χ0n) is 13.1. The fourth-order valence-corrected chi connectivity index (χ4v) is 3.14. The van der Waals surface area contributed by atoms with Crippen molar-refractivity contribution >= 4 is 15.9 Å². The average molecular weight is 359 g/mol. The number of piperazine rings is 1. The Hall–Kier alpha value is -0.620. The van der Waals surface area contributed by atoms with E-state index < -0.39 is 0 Å². The molecule has 1 aliphatic rings. The van der Waals surface area contributed by atoms with Gasteiger partial charge in [-0.25, -0.2) is 0 Å². The van der Waals surface area contributed by atoms with Crippen molar-refractivity contribution in [2.45, 2.75) is 6.92 Å². The summed E-state index contributed by atoms with van der Waals surface area (Å²) in [6, 6.07) is 6.12. The van der Waals surface area contributed by atoms with Crippen LogP contribution in [0.2, 0.25) is 0 Å². The summed E-state index contributed by atoms with van der Waals surface area (Å²) < 4.78 is 12.4. The van der Waals surface area contributed by atoms with Gasteiger partial charge in [0.15, 0.2) is 0 Å². The van der Waals surface area contributed by atoms with Crippen LogP contribution in [-0.4, -0.2) is 59.6 Å². The third-order valence-corrected chi connectivity index (χ3v) is 4.60. The van der Waals surface area contributed by atoms with Crippen molar-refractivity contribution in [2.24, 2.45) is 0 Å². The summed E-state index contributed by atoms with van der Waals surface area (Å²) >= 11 is 3.52. The first kappa shape index (κ1) is 16.7. The van der Waals surface area contributed by atoms with Gasteiger partial charge in [-0.1, -0.05) is 6.07 Å². The van der Waals surface area contributed by atoms with Crippen molar-refractivity contribution < 1.29 is 19.3 Å². The van der Waals surface area contributed by atoms with Crippen molar-refractivity contribution in [2.75, 3.05) is 59.6 Å². The first-order chi connectivity index (χ1) is 10.1. The fourth-order valence-electron chi connectivity index (χ4n) is 2.53. The SMILES string of the molecule is Cc1ccc(OCCOCC[NH+]2CC[NH+](C)CC2)c(Br)c1. The van der Waals surface area contributed by atoms with E-state index in [1.54, 1.807) is 9.80 Å². The van der Waals surface area contributed by atoms with Crippen LogP contribution in [-0.2, 0) is 4.74 Å². The first-order valence-corrected chi connectivity index (χ1v) is 8.56. The summed E-state index contributed by atoms with van der Waals surface area (Å²) in [5, 5.41) is 0. The smallest absolute Gasteiger partial charge is 0.133 e. The molecule has 0 unspecified atom stereocenters. The number of rotatable bonds is 7. The summed E-state index contributed by atoms with van der Waals surface area (Å²) in [6.07, 6.45) is 0. The summed E-state index contributed by atoms with van der Waals surface area (Å²) in [4.78, 5) is 3.32. The number of halogens is 1. The minimum atomic E-state index is 0.601. The van der Waals surface area contributed by atoms with E-state index in [2.05, 4.69) is 42.0 Å². The molecule has 118 valence electrons. The van der Waals surface area contributed by atoms with Gasteiger partial charge in [0.25, 0.3) is 0 Å². The van der Waals surface area contributed by atoms with E-state index >= 15 is 0 Å². The van der Waals surface area contributed by atoms with E-state index in [0.29, 0.717) is 13.2 Å². The Morgan fingerprint density at radius 3 is 2.57 bits per heavy atom. The second-order valence-electron chi connectivity index (χ2n) is 5.85. The predicted molar refractivity (Wildman–Crippen MR) is 87.4 cm³/mol. The Kier molecular flexibility index (Phi) is 6.96. The molecule has 0 amide bonds. The molecule has 0 bridgehead atoms. The predicted octanol–water partition coefficient (Wildman–Crippen LogP) is -0.434. The molecule has 0 spiro atoms. The average Bonchev–Trinajstić information content (AvgIpc) is 2.46. The second-order valence-corrected chi connectivity index (χ2v) is 6.71. The summed E-state index contributed by atoms with van der Waals surface area (Å²) in [7, 11) is 2.27. The molecule has 0 atom stereocenters. The van der Waals surface area contributed by atoms with Gasteiger partial charge in [0.2, 0.25) is 0 Å². The van der Waals surface area contributed by atoms with Crippen LogP contribution in [0.1, 0.15) is 5.56 Å². The second kappa shape index (κ2) is 8.73. The van der Waals surface area contributed by atoms with Crippen LogP contribution in [0.5, 0.6) is 5.75 Å². The molecule has 0 saturated carbocycles. The standard InChI is InChI=1S/C16H25BrN2O2/c1-14-3-4-16(15(17)13-14)21-12-11-20-10-9-19-7-5-18(2)6-8-19/h3-4,13H,5-12H2,1-2H3/p+2. The van der Waals surface area contributed by atoms with Crippen molar-refractivity contribution in [3.8, 4) is 5.75 Å². The lowest BCUT2D eigenvalue weighted by Crippen LogP contribution is -3.27. The molecule has 4 nitrogen and oxygen atoms in total. The molecule has 0 aliphatic carbocycles. The molecular weight excluding hydrogens is 332 g/mol. The number of quaternary nitrogens is 2. The molecule has 5 heteroatoms. The minimum absolute atomic E-state index is 0.601. The molecule has 2 N–H and O–H groups in total. The summed E-state index contributed by atoms with van der Waals surface area (Å²) in [5.74, 6) is 0.886. The molecule has 1 fully saturated rings. The normalized spacial score (nSPS) is 22.2. The number of hydrogen-bond donors (Lipinski definition) is 2. The van der Waals surface area contributed by atoms with Crippen LogP contribution < -0.4 is 14.5 Å². The topological polar surface area (TPSA) is 27.3 Å². The highest BCUT2D eigenvalue weighted by atomic mass is 79.9. The minimum Gasteiger partial charge on any atom is -0.490 e. The van der Waals surface area contributed by atoms with Gasteiger partial charge >= 0.3 is 0 Å². The number of nitrogens with one attached hydrogen (secondary N) is 2. The van der Waals surface area contributed by atoms with Gasteiger partial charge in [-0.15, -0.1) is 0 Å². The van der Waals surface area contributed by atoms with Gasteiger partial charge in [-0.05, 0) is 40.5 Å². The highest BCUT2D eigenvalue weighted by Gasteiger charge is 2.18. The van der Waals surface area contributed by atoms with Crippen LogP contribution in [0.25, 0.3) is 0 Å². The van der Waals surface area contributed by atoms with E-state index in [-0.39, 0.29) is 0 Å². The van der Waals surface area contributed by atoms with Crippen LogP contribution >= 0.6 is 15.9 Å². The van der Waals surface area contributed by atoms with Gasteiger partial charge in [0, 0.05) is 0 Å². The molecule has 0 aromatic heterocycles. The molecule has 1 aliphatic heterocycles. The molecule has 0 radical (unpaired) electrons. The van der Waals surface area contributed by atoms with Crippen LogP contribution in [0.15, 0.2) is 22.7 Å². The molecule has 21 heavy (non-hydrogen) atoms. The lowest BCUT2D eigenvalue weighted by Gasteiger charge is -2.27. The van der Waals surface area contributed by atoms with Gasteiger partial charge in [-0.3, -0.25) is 0 Å². The Labute approximate surface area is 136 Å². The molecule has 1 aromatic rings. The zero-order chi connectivity index (χ0) is 15.1. The van der Waals surface area contributed by atoms with Crippen molar-refractivity contribution in [1.29, 1.82) is 0 Å². The fraction of sp³-hybridized carbons (Fsp3) is 0.625. The Morgan fingerprint density at radius 2 is 1.86 bits per heavy atom. The van der Waals surface area contributed by atoms with E-state index in [1.807, 2.05) is 6.07 Å². The Morgan fingerprint density at radius 1 is 1.10 bits per heavy atom. The van der Waals surface area contributed by atoms with Gasteiger partial charge < -0.3 is 19.3 Å². The number of likely N-dealkylation sites (N-methyl/N-ethyl adjacent to an activating group) is 1.